The van der Waals surface area contributed by atoms with E-state index in [1.165, 1.54) is 193 Å². The van der Waals surface area contributed by atoms with Crippen LogP contribution in [0.25, 0.3) is 134 Å². The van der Waals surface area contributed by atoms with Crippen molar-refractivity contribution in [3.63, 3.8) is 0 Å². The van der Waals surface area contributed by atoms with Crippen molar-refractivity contribution in [2.75, 3.05) is 9.80 Å². The highest BCUT2D eigenvalue weighted by Crippen LogP contribution is 2.42. The number of para-hydroxylation sites is 5. The largest absolute Gasteiger partial charge is 0.311 e. The topological polar surface area (TPSA) is 6.48 Å². The average molecular weight is 2600 g/mol. The zero-order valence-corrected chi connectivity index (χ0v) is 92.0. The predicted molar refractivity (Wildman–Crippen MR) is 662 cm³/mol. The maximum Gasteiger partial charge on any atom is 0.0462 e. The Balaban J connectivity index is 0.000000117. The van der Waals surface area contributed by atoms with Crippen LogP contribution in [0.4, 0.5) is 34.1 Å². The van der Waals surface area contributed by atoms with E-state index in [2.05, 4.69) is 714 Å². The van der Waals surface area contributed by atoms with E-state index >= 15 is 0 Å². The smallest absolute Gasteiger partial charge is 0.0462 e. The van der Waals surface area contributed by atoms with Crippen LogP contribution in [0.3, 0.4) is 0 Å². The maximum absolute atomic E-state index is 2.35. The number of hydrogen-bond acceptors (Lipinski definition) is 2. The Morgan fingerprint density at radius 3 is 0.298 bits per heavy atom. The molecule has 0 spiro atoms. The third kappa shape index (κ3) is 28.5. The standard InChI is InChI=1S/C24H15I3.C24H16I2.C24H17I.C24H18.C18H14IN.C18H15N/c25-22-7-1-16(2-8-22)19-13-20(17-3-9-23(26)10-4-17)15-21(14-19)18-5-11-24(27)12-6-18;25-23-10-6-18(7-11-23)21-14-20(17-4-2-1-3-5-17)15-22(16-21)19-8-12-24(26)13-9-19;25-24-13-11-20(12-14-24)23-16-21(18-7-3-1-4-8-18)15-22(17-23)19-9-5-2-6-10-19;1-4-10-19(11-5-1)22-16-23(20-12-6-2-7-13-20)18-24(17-22)21-14-8-3-9-15-21;19-15-11-13-18(14-12-15)20(16-7-3-1-4-8-16)17-9-5-2-6-10-17;1-4-10-16(11-5-1)19(17-12-6-2-7-13-17)18-14-8-3-9-15-18/h1-15H;1-16H;1-17H;1-18H;1-14H;1-15H. The minimum atomic E-state index is 1.17. The van der Waals surface area contributed by atoms with Crippen molar-refractivity contribution in [1.29, 1.82) is 0 Å². The molecule has 22 rings (SSSR count). The fourth-order valence-electron chi connectivity index (χ4n) is 16.5. The average Bonchev–Trinajstić information content (AvgIpc) is 0.807. The molecule has 22 aromatic carbocycles. The lowest BCUT2D eigenvalue weighted by atomic mass is 9.93. The predicted octanol–water partition coefficient (Wildman–Crippen LogP) is 41.3. The summed E-state index contributed by atoms with van der Waals surface area (Å²) in [6, 6.07) is 204. The van der Waals surface area contributed by atoms with Crippen LogP contribution in [0, 0.1) is 25.0 Å². The summed E-state index contributed by atoms with van der Waals surface area (Å²) < 4.78 is 8.76. The van der Waals surface area contributed by atoms with Gasteiger partial charge in [-0.25, -0.2) is 0 Å². The lowest BCUT2D eigenvalue weighted by Crippen LogP contribution is -2.09. The molecule has 0 bridgehead atoms. The van der Waals surface area contributed by atoms with Gasteiger partial charge in [0.15, 0.2) is 0 Å². The molecule has 0 amide bonds. The summed E-state index contributed by atoms with van der Waals surface area (Å²) in [7, 11) is 0. The SMILES string of the molecule is Ic1ccc(-c2cc(-c3ccc(I)cc3)cc(-c3ccc(I)cc3)c2)cc1.Ic1ccc(-c2cc(-c3ccccc3)cc(-c3ccc(I)cc3)c2)cc1.Ic1ccc(-c2cc(-c3ccccc3)cc(-c3ccccc3)c2)cc1.Ic1ccc(N(c2ccccc2)c2ccccc2)cc1.c1ccc(-c2cc(-c3ccccc3)cc(-c3ccccc3)c2)cc1.c1ccc(N(c2ccccc2)c2ccccc2)cc1. The van der Waals surface area contributed by atoms with E-state index in [1.54, 1.807) is 0 Å². The van der Waals surface area contributed by atoms with E-state index < -0.39 is 0 Å². The van der Waals surface area contributed by atoms with E-state index in [-0.39, 0.29) is 0 Å². The summed E-state index contributed by atoms with van der Waals surface area (Å²) in [5.74, 6) is 0. The van der Waals surface area contributed by atoms with Crippen LogP contribution in [0.15, 0.2) is 576 Å². The normalized spacial score (nSPS) is 10.5. The van der Waals surface area contributed by atoms with Gasteiger partial charge in [-0.05, 0) is 522 Å². The van der Waals surface area contributed by atoms with Gasteiger partial charge >= 0.3 is 0 Å². The van der Waals surface area contributed by atoms with Crippen LogP contribution < -0.4 is 9.80 Å². The molecular formula is C132H95I7N2. The molecule has 2 nitrogen and oxygen atoms in total. The fourth-order valence-corrected chi connectivity index (χ4v) is 19.0. The van der Waals surface area contributed by atoms with Crippen molar-refractivity contribution >= 4 is 192 Å². The van der Waals surface area contributed by atoms with Gasteiger partial charge in [0, 0.05) is 59.1 Å². The second-order valence-electron chi connectivity index (χ2n) is 33.3. The summed E-state index contributed by atoms with van der Waals surface area (Å²) in [5.41, 5.74) is 36.9. The van der Waals surface area contributed by atoms with Gasteiger partial charge in [-0.2, -0.15) is 0 Å². The molecule has 0 fully saturated rings. The zero-order chi connectivity index (χ0) is 96.7. The molecule has 0 saturated heterocycles. The molecule has 0 heterocycles. The first-order valence-corrected chi connectivity index (χ1v) is 53.9. The third-order valence-electron chi connectivity index (χ3n) is 23.6. The quantitative estimate of drug-likeness (QED) is 0.0790. The number of hydrogen-bond donors (Lipinski definition) is 0. The Hall–Kier alpha value is -12.5. The lowest BCUT2D eigenvalue weighted by molar-refractivity contribution is 1.28. The molecule has 0 aliphatic rings. The van der Waals surface area contributed by atoms with Crippen molar-refractivity contribution in [1.82, 2.24) is 0 Å². The minimum absolute atomic E-state index is 1.17. The molecule has 0 unspecified atom stereocenters. The zero-order valence-electron chi connectivity index (χ0n) is 76.9. The van der Waals surface area contributed by atoms with E-state index in [9.17, 15) is 0 Å². The molecule has 0 aliphatic carbocycles. The first kappa shape index (κ1) is 100. The number of anilines is 6. The fraction of sp³-hybridized carbons (Fsp3) is 0. The van der Waals surface area contributed by atoms with Crippen LogP contribution in [0.5, 0.6) is 0 Å². The molecule has 0 aromatic heterocycles. The summed E-state index contributed by atoms with van der Waals surface area (Å²) in [6.45, 7) is 0. The first-order chi connectivity index (χ1) is 69.3. The van der Waals surface area contributed by atoms with Gasteiger partial charge in [-0.1, -0.05) is 346 Å². The van der Waals surface area contributed by atoms with E-state index in [0.717, 1.165) is 0 Å². The van der Waals surface area contributed by atoms with E-state index in [0.29, 0.717) is 0 Å². The van der Waals surface area contributed by atoms with Gasteiger partial charge in [0.25, 0.3) is 0 Å². The molecule has 141 heavy (non-hydrogen) atoms. The van der Waals surface area contributed by atoms with Crippen molar-refractivity contribution in [2.45, 2.75) is 0 Å². The van der Waals surface area contributed by atoms with Crippen LogP contribution >= 0.6 is 158 Å². The van der Waals surface area contributed by atoms with Crippen LogP contribution in [-0.4, -0.2) is 0 Å². The minimum Gasteiger partial charge on any atom is -0.311 e. The second-order valence-corrected chi connectivity index (χ2v) is 42.0. The molecule has 0 aliphatic heterocycles. The van der Waals surface area contributed by atoms with Gasteiger partial charge < -0.3 is 9.80 Å². The van der Waals surface area contributed by atoms with E-state index in [1.807, 2.05) is 30.3 Å². The van der Waals surface area contributed by atoms with Crippen molar-refractivity contribution in [3.05, 3.63) is 601 Å². The third-order valence-corrected chi connectivity index (χ3v) is 28.6. The Morgan fingerprint density at radius 2 is 0.177 bits per heavy atom. The Labute approximate surface area is 925 Å². The van der Waals surface area contributed by atoms with Crippen LogP contribution in [0.2, 0.25) is 0 Å². The summed E-state index contributed by atoms with van der Waals surface area (Å²) in [4.78, 5) is 4.51. The first-order valence-electron chi connectivity index (χ1n) is 46.4. The van der Waals surface area contributed by atoms with Gasteiger partial charge in [-0.15, -0.1) is 0 Å². The Kier molecular flexibility index (Phi) is 36.4. The van der Waals surface area contributed by atoms with E-state index in [4.69, 9.17) is 0 Å². The number of benzene rings is 22. The molecule has 9 heteroatoms. The molecule has 22 aromatic rings. The lowest BCUT2D eigenvalue weighted by Gasteiger charge is -2.25. The highest BCUT2D eigenvalue weighted by atomic mass is 127. The molecule has 0 saturated carbocycles. The number of nitrogens with zero attached hydrogens (tertiary/aromatic N) is 2. The molecule has 0 radical (unpaired) electrons. The summed E-state index contributed by atoms with van der Waals surface area (Å²) in [6.07, 6.45) is 0. The van der Waals surface area contributed by atoms with Crippen molar-refractivity contribution in [3.8, 4) is 134 Å². The highest BCUT2D eigenvalue weighted by Gasteiger charge is 2.17. The highest BCUT2D eigenvalue weighted by molar-refractivity contribution is 14.1. The van der Waals surface area contributed by atoms with Crippen LogP contribution in [-0.2, 0) is 0 Å². The van der Waals surface area contributed by atoms with Crippen molar-refractivity contribution < 1.29 is 0 Å². The van der Waals surface area contributed by atoms with Gasteiger partial charge in [-0.3, -0.25) is 0 Å². The molecule has 0 N–H and O–H groups in total. The Bertz CT molecular complexity index is 7100. The van der Waals surface area contributed by atoms with Gasteiger partial charge in [0.1, 0.15) is 0 Å². The molecular weight excluding hydrogens is 2500 g/mol. The second kappa shape index (κ2) is 51.3. The van der Waals surface area contributed by atoms with Gasteiger partial charge in [0.2, 0.25) is 0 Å². The molecule has 682 valence electrons. The Morgan fingerprint density at radius 1 is 0.0851 bits per heavy atom. The van der Waals surface area contributed by atoms with Gasteiger partial charge in [0.05, 0.1) is 0 Å². The molecule has 0 atom stereocenters. The maximum atomic E-state index is 2.35. The summed E-state index contributed by atoms with van der Waals surface area (Å²) in [5, 5.41) is 0. The van der Waals surface area contributed by atoms with Crippen LogP contribution in [0.1, 0.15) is 0 Å². The summed E-state index contributed by atoms with van der Waals surface area (Å²) >= 11 is 16.4. The monoisotopic (exact) mass is 2600 g/mol. The number of halogens is 7. The number of rotatable bonds is 18. The van der Waals surface area contributed by atoms with Crippen molar-refractivity contribution in [2.24, 2.45) is 0 Å².